The van der Waals surface area contributed by atoms with Gasteiger partial charge in [-0.2, -0.15) is 0 Å². The summed E-state index contributed by atoms with van der Waals surface area (Å²) in [6.45, 7) is 0.651. The Balaban J connectivity index is 1.51. The van der Waals surface area contributed by atoms with Crippen LogP contribution in [0.1, 0.15) is 63.4 Å². The second kappa shape index (κ2) is 7.77. The molecule has 0 unspecified atom stereocenters. The van der Waals surface area contributed by atoms with E-state index in [0.29, 0.717) is 12.7 Å². The van der Waals surface area contributed by atoms with Crippen molar-refractivity contribution >= 4 is 11.6 Å². The van der Waals surface area contributed by atoms with Crippen LogP contribution in [0.3, 0.4) is 0 Å². The van der Waals surface area contributed by atoms with Gasteiger partial charge in [0.05, 0.1) is 12.7 Å². The van der Waals surface area contributed by atoms with Crippen LogP contribution in [0.4, 0.5) is 5.69 Å². The SMILES string of the molecule is O=C(Nc1cccc(COC2CCCCC2)c1)C1CCCC1. The summed E-state index contributed by atoms with van der Waals surface area (Å²) in [6, 6.07) is 8.10. The van der Waals surface area contributed by atoms with E-state index in [0.717, 1.165) is 24.1 Å². The molecular weight excluding hydrogens is 274 g/mol. The molecule has 0 spiro atoms. The minimum atomic E-state index is 0.183. The molecule has 2 aliphatic rings. The number of hydrogen-bond acceptors (Lipinski definition) is 2. The molecular formula is C19H27NO2. The van der Waals surface area contributed by atoms with Crippen LogP contribution in [0.2, 0.25) is 0 Å². The lowest BCUT2D eigenvalue weighted by molar-refractivity contribution is -0.119. The molecule has 3 nitrogen and oxygen atoms in total. The van der Waals surface area contributed by atoms with E-state index < -0.39 is 0 Å². The molecule has 1 aromatic carbocycles. The summed E-state index contributed by atoms with van der Waals surface area (Å²) >= 11 is 0. The number of ether oxygens (including phenoxy) is 1. The predicted molar refractivity (Wildman–Crippen MR) is 88.7 cm³/mol. The topological polar surface area (TPSA) is 38.3 Å². The smallest absolute Gasteiger partial charge is 0.227 e. The molecule has 2 saturated carbocycles. The molecule has 0 atom stereocenters. The number of amides is 1. The summed E-state index contributed by atoms with van der Waals surface area (Å²) in [4.78, 5) is 12.2. The summed E-state index contributed by atoms with van der Waals surface area (Å²) in [5.74, 6) is 0.394. The first-order chi connectivity index (χ1) is 10.8. The summed E-state index contributed by atoms with van der Waals surface area (Å²) in [5, 5.41) is 3.07. The number of rotatable bonds is 5. The largest absolute Gasteiger partial charge is 0.374 e. The molecule has 0 bridgehead atoms. The van der Waals surface area contributed by atoms with Gasteiger partial charge in [0.2, 0.25) is 5.91 Å². The van der Waals surface area contributed by atoms with Gasteiger partial charge in [0.25, 0.3) is 0 Å². The Labute approximate surface area is 133 Å². The Bertz CT molecular complexity index is 488. The van der Waals surface area contributed by atoms with E-state index in [-0.39, 0.29) is 11.8 Å². The van der Waals surface area contributed by atoms with Crippen molar-refractivity contribution in [1.82, 2.24) is 0 Å². The molecule has 0 radical (unpaired) electrons. The van der Waals surface area contributed by atoms with E-state index in [9.17, 15) is 4.79 Å². The average Bonchev–Trinajstić information content (AvgIpc) is 3.09. The Morgan fingerprint density at radius 1 is 1.05 bits per heavy atom. The molecule has 2 fully saturated rings. The molecule has 0 aliphatic heterocycles. The van der Waals surface area contributed by atoms with Crippen LogP contribution in [-0.2, 0) is 16.1 Å². The van der Waals surface area contributed by atoms with Gasteiger partial charge >= 0.3 is 0 Å². The van der Waals surface area contributed by atoms with Crippen molar-refractivity contribution in [2.45, 2.75) is 70.5 Å². The summed E-state index contributed by atoms with van der Waals surface area (Å²) in [7, 11) is 0. The van der Waals surface area contributed by atoms with Crippen LogP contribution < -0.4 is 5.32 Å². The molecule has 1 aromatic rings. The highest BCUT2D eigenvalue weighted by Crippen LogP contribution is 2.26. The first-order valence-electron chi connectivity index (χ1n) is 8.83. The molecule has 0 heterocycles. The van der Waals surface area contributed by atoms with E-state index in [2.05, 4.69) is 17.4 Å². The zero-order chi connectivity index (χ0) is 15.2. The van der Waals surface area contributed by atoms with Crippen LogP contribution >= 0.6 is 0 Å². The zero-order valence-corrected chi connectivity index (χ0v) is 13.4. The van der Waals surface area contributed by atoms with E-state index in [4.69, 9.17) is 4.74 Å². The fourth-order valence-electron chi connectivity index (χ4n) is 3.62. The van der Waals surface area contributed by atoms with Gasteiger partial charge in [-0.15, -0.1) is 0 Å². The second-order valence-electron chi connectivity index (χ2n) is 6.74. The Morgan fingerprint density at radius 3 is 2.55 bits per heavy atom. The quantitative estimate of drug-likeness (QED) is 0.858. The lowest BCUT2D eigenvalue weighted by atomic mass is 9.98. The summed E-state index contributed by atoms with van der Waals surface area (Å²) < 4.78 is 6.02. The number of carbonyl (C=O) groups is 1. The Morgan fingerprint density at radius 2 is 1.77 bits per heavy atom. The Kier molecular flexibility index (Phi) is 5.49. The van der Waals surface area contributed by atoms with Gasteiger partial charge in [0, 0.05) is 11.6 Å². The highest BCUT2D eigenvalue weighted by atomic mass is 16.5. The third-order valence-electron chi connectivity index (χ3n) is 4.96. The van der Waals surface area contributed by atoms with Gasteiger partial charge < -0.3 is 10.1 Å². The lowest BCUT2D eigenvalue weighted by Gasteiger charge is -2.22. The van der Waals surface area contributed by atoms with Gasteiger partial charge in [-0.05, 0) is 43.4 Å². The molecule has 0 aromatic heterocycles. The lowest BCUT2D eigenvalue weighted by Crippen LogP contribution is -2.20. The van der Waals surface area contributed by atoms with Gasteiger partial charge in [0.15, 0.2) is 0 Å². The maximum absolute atomic E-state index is 12.2. The van der Waals surface area contributed by atoms with Crippen LogP contribution in [0, 0.1) is 5.92 Å². The fraction of sp³-hybridized carbons (Fsp3) is 0.632. The van der Waals surface area contributed by atoms with Crippen LogP contribution in [0.5, 0.6) is 0 Å². The number of hydrogen-bond donors (Lipinski definition) is 1. The van der Waals surface area contributed by atoms with Crippen molar-refractivity contribution in [3.63, 3.8) is 0 Å². The summed E-state index contributed by atoms with van der Waals surface area (Å²) in [6.07, 6.45) is 11.2. The highest BCUT2D eigenvalue weighted by molar-refractivity contribution is 5.92. The number of carbonyl (C=O) groups excluding carboxylic acids is 1. The first kappa shape index (κ1) is 15.5. The number of benzene rings is 1. The van der Waals surface area contributed by atoms with Crippen LogP contribution in [0.15, 0.2) is 24.3 Å². The highest BCUT2D eigenvalue weighted by Gasteiger charge is 2.22. The van der Waals surface area contributed by atoms with Crippen LogP contribution in [-0.4, -0.2) is 12.0 Å². The third kappa shape index (κ3) is 4.33. The molecule has 3 heteroatoms. The molecule has 22 heavy (non-hydrogen) atoms. The van der Waals surface area contributed by atoms with Gasteiger partial charge in [-0.3, -0.25) is 4.79 Å². The minimum Gasteiger partial charge on any atom is -0.374 e. The maximum Gasteiger partial charge on any atom is 0.227 e. The van der Waals surface area contributed by atoms with E-state index in [1.807, 2.05) is 12.1 Å². The average molecular weight is 301 g/mol. The zero-order valence-electron chi connectivity index (χ0n) is 13.4. The van der Waals surface area contributed by atoms with Gasteiger partial charge in [-0.1, -0.05) is 44.2 Å². The molecule has 1 amide bonds. The van der Waals surface area contributed by atoms with E-state index in [1.54, 1.807) is 0 Å². The standard InChI is InChI=1S/C19H27NO2/c21-19(16-8-4-5-9-16)20-17-10-6-7-15(13-17)14-22-18-11-2-1-3-12-18/h6-7,10,13,16,18H,1-5,8-9,11-12,14H2,(H,20,21). The fourth-order valence-corrected chi connectivity index (χ4v) is 3.62. The van der Waals surface area contributed by atoms with E-state index >= 15 is 0 Å². The van der Waals surface area contributed by atoms with Gasteiger partial charge in [-0.25, -0.2) is 0 Å². The third-order valence-corrected chi connectivity index (χ3v) is 4.96. The van der Waals surface area contributed by atoms with Crippen molar-refractivity contribution in [3.05, 3.63) is 29.8 Å². The first-order valence-corrected chi connectivity index (χ1v) is 8.83. The van der Waals surface area contributed by atoms with Crippen molar-refractivity contribution in [3.8, 4) is 0 Å². The molecule has 120 valence electrons. The molecule has 1 N–H and O–H groups in total. The van der Waals surface area contributed by atoms with Crippen molar-refractivity contribution < 1.29 is 9.53 Å². The minimum absolute atomic E-state index is 0.183. The monoisotopic (exact) mass is 301 g/mol. The summed E-state index contributed by atoms with van der Waals surface area (Å²) in [5.41, 5.74) is 2.05. The van der Waals surface area contributed by atoms with Crippen LogP contribution in [0.25, 0.3) is 0 Å². The molecule has 3 rings (SSSR count). The van der Waals surface area contributed by atoms with Crippen molar-refractivity contribution in [1.29, 1.82) is 0 Å². The molecule has 0 saturated heterocycles. The maximum atomic E-state index is 12.2. The normalized spacial score (nSPS) is 20.2. The number of anilines is 1. The predicted octanol–water partition coefficient (Wildman–Crippen LogP) is 4.66. The second-order valence-corrected chi connectivity index (χ2v) is 6.74. The van der Waals surface area contributed by atoms with E-state index in [1.165, 1.54) is 44.9 Å². The number of nitrogens with one attached hydrogen (secondary N) is 1. The molecule has 2 aliphatic carbocycles. The Hall–Kier alpha value is -1.35. The van der Waals surface area contributed by atoms with Crippen molar-refractivity contribution in [2.24, 2.45) is 5.92 Å². The van der Waals surface area contributed by atoms with Gasteiger partial charge in [0.1, 0.15) is 0 Å². The van der Waals surface area contributed by atoms with Crippen molar-refractivity contribution in [2.75, 3.05) is 5.32 Å².